The predicted molar refractivity (Wildman–Crippen MR) is 76.9 cm³/mol. The van der Waals surface area contributed by atoms with Crippen LogP contribution < -0.4 is 5.73 Å². The van der Waals surface area contributed by atoms with Gasteiger partial charge in [0.2, 0.25) is 0 Å². The maximum absolute atomic E-state index is 14.1. The van der Waals surface area contributed by atoms with Crippen molar-refractivity contribution in [1.29, 1.82) is 5.41 Å². The summed E-state index contributed by atoms with van der Waals surface area (Å²) in [6.07, 6.45) is 0. The Kier molecular flexibility index (Phi) is 4.29. The van der Waals surface area contributed by atoms with Crippen LogP contribution in [0.25, 0.3) is 0 Å². The Hall–Kier alpha value is -1.72. The molecular weight excluding hydrogens is 261 g/mol. The van der Waals surface area contributed by atoms with Gasteiger partial charge in [0.1, 0.15) is 11.7 Å². The third-order valence-electron chi connectivity index (χ3n) is 2.84. The van der Waals surface area contributed by atoms with Crippen LogP contribution in [-0.4, -0.2) is 17.8 Å². The van der Waals surface area contributed by atoms with Crippen LogP contribution in [0, 0.1) is 11.2 Å². The van der Waals surface area contributed by atoms with E-state index >= 15 is 0 Å². The summed E-state index contributed by atoms with van der Waals surface area (Å²) in [4.78, 5) is 2.03. The van der Waals surface area contributed by atoms with Gasteiger partial charge < -0.3 is 5.73 Å². The highest BCUT2D eigenvalue weighted by atomic mass is 32.1. The van der Waals surface area contributed by atoms with Crippen molar-refractivity contribution in [2.75, 3.05) is 7.05 Å². The number of hydrogen-bond donors (Lipinski definition) is 2. The van der Waals surface area contributed by atoms with E-state index in [0.717, 1.165) is 6.54 Å². The fourth-order valence-electron chi connectivity index (χ4n) is 1.95. The van der Waals surface area contributed by atoms with Gasteiger partial charge in [-0.05, 0) is 35.5 Å². The third kappa shape index (κ3) is 3.39. The first kappa shape index (κ1) is 13.7. The normalized spacial score (nSPS) is 10.9. The molecule has 0 aliphatic heterocycles. The molecule has 3 N–H and O–H groups in total. The Morgan fingerprint density at radius 3 is 2.79 bits per heavy atom. The Labute approximate surface area is 116 Å². The molecule has 0 bridgehead atoms. The molecule has 0 fully saturated rings. The van der Waals surface area contributed by atoms with E-state index in [0.29, 0.717) is 12.1 Å². The number of nitrogens with two attached hydrogens (primary N) is 1. The molecule has 0 amide bonds. The zero-order chi connectivity index (χ0) is 13.8. The molecule has 3 nitrogen and oxygen atoms in total. The maximum atomic E-state index is 14.1. The van der Waals surface area contributed by atoms with Crippen molar-refractivity contribution >= 4 is 17.2 Å². The lowest BCUT2D eigenvalue weighted by Crippen LogP contribution is -2.20. The standard InChI is InChI=1S/C14H16FN3S/c1-18(7-10-5-6-19-9-10)8-11-3-2-4-12(13(11)15)14(16)17/h2-6,9H,7-8H2,1H3,(H3,16,17). The fourth-order valence-corrected chi connectivity index (χ4v) is 2.61. The summed E-state index contributed by atoms with van der Waals surface area (Å²) >= 11 is 1.65. The molecule has 0 radical (unpaired) electrons. The number of halogens is 1. The molecule has 100 valence electrons. The zero-order valence-corrected chi connectivity index (χ0v) is 11.5. The Balaban J connectivity index is 2.10. The van der Waals surface area contributed by atoms with Crippen LogP contribution in [0.4, 0.5) is 4.39 Å². The summed E-state index contributed by atoms with van der Waals surface area (Å²) in [6.45, 7) is 1.26. The molecule has 0 atom stereocenters. The molecule has 5 heteroatoms. The number of amidine groups is 1. The van der Waals surface area contributed by atoms with Gasteiger partial charge in [0.15, 0.2) is 0 Å². The minimum Gasteiger partial charge on any atom is -0.384 e. The molecule has 0 saturated carbocycles. The van der Waals surface area contributed by atoms with E-state index in [-0.39, 0.29) is 11.4 Å². The summed E-state index contributed by atoms with van der Waals surface area (Å²) in [5.74, 6) is -0.632. The van der Waals surface area contributed by atoms with E-state index in [1.54, 1.807) is 23.5 Å². The minimum absolute atomic E-state index is 0.168. The number of rotatable bonds is 5. The second kappa shape index (κ2) is 5.95. The molecule has 2 aromatic rings. The molecule has 0 aliphatic rings. The largest absolute Gasteiger partial charge is 0.384 e. The molecule has 1 aromatic carbocycles. The smallest absolute Gasteiger partial charge is 0.138 e. The van der Waals surface area contributed by atoms with Gasteiger partial charge in [0.05, 0.1) is 5.56 Å². The van der Waals surface area contributed by atoms with E-state index in [4.69, 9.17) is 11.1 Å². The lowest BCUT2D eigenvalue weighted by Gasteiger charge is -2.17. The van der Waals surface area contributed by atoms with Crippen LogP contribution in [0.2, 0.25) is 0 Å². The van der Waals surface area contributed by atoms with Crippen LogP contribution in [0.3, 0.4) is 0 Å². The van der Waals surface area contributed by atoms with Crippen LogP contribution in [0.1, 0.15) is 16.7 Å². The highest BCUT2D eigenvalue weighted by Gasteiger charge is 2.12. The van der Waals surface area contributed by atoms with Crippen molar-refractivity contribution in [2.24, 2.45) is 5.73 Å². The predicted octanol–water partition coefficient (Wildman–Crippen LogP) is 2.80. The second-order valence-electron chi connectivity index (χ2n) is 4.50. The maximum Gasteiger partial charge on any atom is 0.138 e. The van der Waals surface area contributed by atoms with Crippen molar-refractivity contribution in [2.45, 2.75) is 13.1 Å². The second-order valence-corrected chi connectivity index (χ2v) is 5.28. The first-order valence-corrected chi connectivity index (χ1v) is 6.83. The molecule has 0 unspecified atom stereocenters. The molecular formula is C14H16FN3S. The van der Waals surface area contributed by atoms with E-state index < -0.39 is 5.82 Å². The Morgan fingerprint density at radius 2 is 2.16 bits per heavy atom. The number of thiophene rings is 1. The van der Waals surface area contributed by atoms with Crippen molar-refractivity contribution in [1.82, 2.24) is 4.90 Å². The molecule has 0 aliphatic carbocycles. The molecule has 1 aromatic heterocycles. The van der Waals surface area contributed by atoms with Gasteiger partial charge in [0.25, 0.3) is 0 Å². The number of benzene rings is 1. The Bertz CT molecular complexity index is 566. The quantitative estimate of drug-likeness (QED) is 0.652. The van der Waals surface area contributed by atoms with E-state index in [1.165, 1.54) is 11.6 Å². The van der Waals surface area contributed by atoms with Crippen LogP contribution in [-0.2, 0) is 13.1 Å². The summed E-state index contributed by atoms with van der Waals surface area (Å²) in [7, 11) is 1.94. The zero-order valence-electron chi connectivity index (χ0n) is 10.7. The van der Waals surface area contributed by atoms with E-state index in [1.807, 2.05) is 17.3 Å². The highest BCUT2D eigenvalue weighted by Crippen LogP contribution is 2.16. The molecule has 0 spiro atoms. The Morgan fingerprint density at radius 1 is 1.37 bits per heavy atom. The average molecular weight is 277 g/mol. The van der Waals surface area contributed by atoms with Gasteiger partial charge in [-0.25, -0.2) is 4.39 Å². The lowest BCUT2D eigenvalue weighted by molar-refractivity contribution is 0.314. The van der Waals surface area contributed by atoms with Crippen molar-refractivity contribution in [3.05, 3.63) is 57.5 Å². The van der Waals surface area contributed by atoms with Crippen molar-refractivity contribution < 1.29 is 4.39 Å². The summed E-state index contributed by atoms with van der Waals surface area (Å²) in [5.41, 5.74) is 7.30. The van der Waals surface area contributed by atoms with Crippen LogP contribution in [0.5, 0.6) is 0 Å². The van der Waals surface area contributed by atoms with E-state index in [2.05, 4.69) is 11.4 Å². The van der Waals surface area contributed by atoms with Crippen molar-refractivity contribution in [3.63, 3.8) is 0 Å². The van der Waals surface area contributed by atoms with Gasteiger partial charge >= 0.3 is 0 Å². The lowest BCUT2D eigenvalue weighted by atomic mass is 10.1. The van der Waals surface area contributed by atoms with E-state index in [9.17, 15) is 4.39 Å². The molecule has 19 heavy (non-hydrogen) atoms. The number of nitrogens with zero attached hydrogens (tertiary/aromatic N) is 1. The van der Waals surface area contributed by atoms with Gasteiger partial charge in [-0.15, -0.1) is 0 Å². The first-order valence-electron chi connectivity index (χ1n) is 5.89. The van der Waals surface area contributed by atoms with Gasteiger partial charge in [0, 0.05) is 18.7 Å². The molecule has 2 rings (SSSR count). The third-order valence-corrected chi connectivity index (χ3v) is 3.57. The molecule has 0 saturated heterocycles. The monoisotopic (exact) mass is 277 g/mol. The minimum atomic E-state index is -0.396. The number of nitrogen functional groups attached to an aromatic ring is 1. The van der Waals surface area contributed by atoms with Crippen LogP contribution >= 0.6 is 11.3 Å². The molecule has 1 heterocycles. The van der Waals surface area contributed by atoms with Gasteiger partial charge in [-0.3, -0.25) is 10.3 Å². The summed E-state index contributed by atoms with van der Waals surface area (Å²) < 4.78 is 14.1. The first-order chi connectivity index (χ1) is 9.08. The van der Waals surface area contributed by atoms with Gasteiger partial charge in [-0.1, -0.05) is 12.1 Å². The van der Waals surface area contributed by atoms with Crippen molar-refractivity contribution in [3.8, 4) is 0 Å². The fraction of sp³-hybridized carbons (Fsp3) is 0.214. The summed E-state index contributed by atoms with van der Waals surface area (Å²) in [6, 6.07) is 7.04. The van der Waals surface area contributed by atoms with Crippen LogP contribution in [0.15, 0.2) is 35.0 Å². The SMILES string of the molecule is CN(Cc1ccsc1)Cc1cccc(C(=N)N)c1F. The number of nitrogens with one attached hydrogen (secondary N) is 1. The highest BCUT2D eigenvalue weighted by molar-refractivity contribution is 7.07. The number of hydrogen-bond acceptors (Lipinski definition) is 3. The van der Waals surface area contributed by atoms with Gasteiger partial charge in [-0.2, -0.15) is 11.3 Å². The summed E-state index contributed by atoms with van der Waals surface area (Å²) in [5, 5.41) is 11.4. The topological polar surface area (TPSA) is 53.1 Å². The average Bonchev–Trinajstić information content (AvgIpc) is 2.84.